The van der Waals surface area contributed by atoms with Crippen molar-refractivity contribution in [1.29, 1.82) is 0 Å². The van der Waals surface area contributed by atoms with Gasteiger partial charge in [0, 0.05) is 19.1 Å². The third kappa shape index (κ3) is 3.57. The number of hydrogen-bond donors (Lipinski definition) is 1. The molecule has 1 amide bonds. The van der Waals surface area contributed by atoms with Gasteiger partial charge in [-0.15, -0.1) is 0 Å². The quantitative estimate of drug-likeness (QED) is 0.901. The van der Waals surface area contributed by atoms with Gasteiger partial charge in [-0.05, 0) is 38.8 Å². The molecule has 0 aliphatic carbocycles. The molecule has 1 aliphatic heterocycles. The monoisotopic (exact) mass is 260 g/mol. The van der Waals surface area contributed by atoms with Crippen molar-refractivity contribution in [2.45, 2.75) is 39.3 Å². The topological polar surface area (TPSA) is 32.3 Å². The second-order valence-corrected chi connectivity index (χ2v) is 5.33. The molecule has 0 radical (unpaired) electrons. The summed E-state index contributed by atoms with van der Waals surface area (Å²) in [5.74, 6) is 0.434. The van der Waals surface area contributed by atoms with Crippen LogP contribution in [0.5, 0.6) is 0 Å². The van der Waals surface area contributed by atoms with E-state index in [4.69, 9.17) is 0 Å². The number of benzene rings is 1. The van der Waals surface area contributed by atoms with Gasteiger partial charge in [-0.25, -0.2) is 0 Å². The summed E-state index contributed by atoms with van der Waals surface area (Å²) >= 11 is 0. The Hall–Kier alpha value is -1.35. The Morgan fingerprint density at radius 3 is 2.74 bits per heavy atom. The van der Waals surface area contributed by atoms with Crippen molar-refractivity contribution in [1.82, 2.24) is 10.2 Å². The van der Waals surface area contributed by atoms with Crippen LogP contribution in [-0.4, -0.2) is 29.9 Å². The summed E-state index contributed by atoms with van der Waals surface area (Å²) < 4.78 is 0. The Morgan fingerprint density at radius 2 is 2.11 bits per heavy atom. The Kier molecular flexibility index (Phi) is 4.97. The normalized spacial score (nSPS) is 23.1. The maximum atomic E-state index is 12.6. The van der Waals surface area contributed by atoms with E-state index in [1.54, 1.807) is 0 Å². The highest BCUT2D eigenvalue weighted by Crippen LogP contribution is 2.20. The maximum Gasteiger partial charge on any atom is 0.227 e. The van der Waals surface area contributed by atoms with E-state index in [-0.39, 0.29) is 5.92 Å². The smallest absolute Gasteiger partial charge is 0.227 e. The average Bonchev–Trinajstić information content (AvgIpc) is 2.46. The Bertz CT molecular complexity index is 404. The fraction of sp³-hybridized carbons (Fsp3) is 0.562. The molecular weight excluding hydrogens is 236 g/mol. The highest BCUT2D eigenvalue weighted by molar-refractivity contribution is 5.79. The Morgan fingerprint density at radius 1 is 1.37 bits per heavy atom. The molecule has 1 heterocycles. The van der Waals surface area contributed by atoms with Crippen LogP contribution in [0.3, 0.4) is 0 Å². The molecule has 0 saturated carbocycles. The summed E-state index contributed by atoms with van der Waals surface area (Å²) in [5.41, 5.74) is 1.20. The number of amides is 1. The van der Waals surface area contributed by atoms with Gasteiger partial charge in [0.1, 0.15) is 0 Å². The first-order valence-corrected chi connectivity index (χ1v) is 7.28. The van der Waals surface area contributed by atoms with Crippen LogP contribution < -0.4 is 5.32 Å². The first-order valence-electron chi connectivity index (χ1n) is 7.28. The van der Waals surface area contributed by atoms with Crippen molar-refractivity contribution in [3.8, 4) is 0 Å². The second kappa shape index (κ2) is 6.71. The highest BCUT2D eigenvalue weighted by atomic mass is 16.2. The van der Waals surface area contributed by atoms with E-state index in [0.717, 1.165) is 32.5 Å². The van der Waals surface area contributed by atoms with E-state index >= 15 is 0 Å². The zero-order chi connectivity index (χ0) is 13.7. The van der Waals surface area contributed by atoms with Gasteiger partial charge in [0.25, 0.3) is 0 Å². The summed E-state index contributed by atoms with van der Waals surface area (Å²) in [4.78, 5) is 14.6. The summed E-state index contributed by atoms with van der Waals surface area (Å²) in [6.07, 6.45) is 2.11. The molecule has 1 aromatic carbocycles. The van der Waals surface area contributed by atoms with Gasteiger partial charge in [0.15, 0.2) is 0 Å². The first kappa shape index (κ1) is 14.1. The number of carbonyl (C=O) groups excluding carboxylic acids is 1. The number of nitrogens with zero attached hydrogens (tertiary/aromatic N) is 1. The van der Waals surface area contributed by atoms with Gasteiger partial charge in [-0.2, -0.15) is 0 Å². The van der Waals surface area contributed by atoms with Crippen LogP contribution in [0.4, 0.5) is 0 Å². The molecular formula is C16H24N2O. The number of nitrogens with one attached hydrogen (secondary N) is 1. The van der Waals surface area contributed by atoms with E-state index in [1.165, 1.54) is 5.56 Å². The second-order valence-electron chi connectivity index (χ2n) is 5.33. The molecule has 3 heteroatoms. The standard InChI is InChI=1S/C16H24N2O/c1-3-18(12-14-8-5-4-6-9-14)16(19)15-10-7-11-17-13(15)2/h4-6,8-9,13,15,17H,3,7,10-12H2,1-2H3. The lowest BCUT2D eigenvalue weighted by Gasteiger charge is -2.33. The zero-order valence-corrected chi connectivity index (χ0v) is 11.9. The predicted molar refractivity (Wildman–Crippen MR) is 77.7 cm³/mol. The third-order valence-corrected chi connectivity index (χ3v) is 3.99. The van der Waals surface area contributed by atoms with Crippen molar-refractivity contribution in [2.75, 3.05) is 13.1 Å². The highest BCUT2D eigenvalue weighted by Gasteiger charge is 2.30. The lowest BCUT2D eigenvalue weighted by Crippen LogP contribution is -2.48. The molecule has 0 spiro atoms. The van der Waals surface area contributed by atoms with Crippen molar-refractivity contribution >= 4 is 5.91 Å². The molecule has 0 bridgehead atoms. The van der Waals surface area contributed by atoms with Crippen molar-refractivity contribution in [2.24, 2.45) is 5.92 Å². The molecule has 1 N–H and O–H groups in total. The molecule has 104 valence electrons. The summed E-state index contributed by atoms with van der Waals surface area (Å²) in [5, 5.41) is 3.41. The maximum absolute atomic E-state index is 12.6. The number of carbonyl (C=O) groups is 1. The van der Waals surface area contributed by atoms with Crippen LogP contribution in [0.1, 0.15) is 32.3 Å². The number of piperidine rings is 1. The first-order chi connectivity index (χ1) is 9.22. The molecule has 19 heavy (non-hydrogen) atoms. The van der Waals surface area contributed by atoms with Crippen molar-refractivity contribution in [3.63, 3.8) is 0 Å². The molecule has 0 aromatic heterocycles. The lowest BCUT2D eigenvalue weighted by molar-refractivity contribution is -0.137. The van der Waals surface area contributed by atoms with Gasteiger partial charge >= 0.3 is 0 Å². The van der Waals surface area contributed by atoms with Crippen LogP contribution >= 0.6 is 0 Å². The Balaban J connectivity index is 2.02. The van der Waals surface area contributed by atoms with Crippen LogP contribution in [0.2, 0.25) is 0 Å². The zero-order valence-electron chi connectivity index (χ0n) is 11.9. The van der Waals surface area contributed by atoms with Crippen LogP contribution in [0.25, 0.3) is 0 Å². The summed E-state index contributed by atoms with van der Waals surface area (Å²) in [7, 11) is 0. The lowest BCUT2D eigenvalue weighted by atomic mass is 9.90. The molecule has 1 fully saturated rings. The molecule has 1 aromatic rings. The average molecular weight is 260 g/mol. The number of rotatable bonds is 4. The van der Waals surface area contributed by atoms with Crippen LogP contribution in [-0.2, 0) is 11.3 Å². The van der Waals surface area contributed by atoms with Crippen molar-refractivity contribution in [3.05, 3.63) is 35.9 Å². The van der Waals surface area contributed by atoms with E-state index in [2.05, 4.69) is 31.3 Å². The van der Waals surface area contributed by atoms with E-state index in [0.29, 0.717) is 11.9 Å². The minimum absolute atomic E-state index is 0.136. The molecule has 1 aliphatic rings. The van der Waals surface area contributed by atoms with E-state index in [9.17, 15) is 4.79 Å². The molecule has 2 atom stereocenters. The molecule has 2 rings (SSSR count). The predicted octanol–water partition coefficient (Wildman–Crippen LogP) is 2.42. The minimum atomic E-state index is 0.136. The van der Waals surface area contributed by atoms with Crippen molar-refractivity contribution < 1.29 is 4.79 Å². The molecule has 2 unspecified atom stereocenters. The van der Waals surface area contributed by atoms with Crippen LogP contribution in [0, 0.1) is 5.92 Å². The fourth-order valence-corrected chi connectivity index (χ4v) is 2.77. The fourth-order valence-electron chi connectivity index (χ4n) is 2.77. The van der Waals surface area contributed by atoms with Gasteiger partial charge in [0.2, 0.25) is 5.91 Å². The number of hydrogen-bond acceptors (Lipinski definition) is 2. The van der Waals surface area contributed by atoms with E-state index in [1.807, 2.05) is 23.1 Å². The third-order valence-electron chi connectivity index (χ3n) is 3.99. The Labute approximate surface area is 116 Å². The summed E-state index contributed by atoms with van der Waals surface area (Å²) in [6, 6.07) is 10.5. The molecule has 3 nitrogen and oxygen atoms in total. The van der Waals surface area contributed by atoms with Gasteiger partial charge < -0.3 is 10.2 Å². The van der Waals surface area contributed by atoms with Crippen LogP contribution in [0.15, 0.2) is 30.3 Å². The molecule has 1 saturated heterocycles. The van der Waals surface area contributed by atoms with Gasteiger partial charge in [-0.1, -0.05) is 30.3 Å². The van der Waals surface area contributed by atoms with Gasteiger partial charge in [0.05, 0.1) is 5.92 Å². The SMILES string of the molecule is CCN(Cc1ccccc1)C(=O)C1CCCNC1C. The largest absolute Gasteiger partial charge is 0.338 e. The summed E-state index contributed by atoms with van der Waals surface area (Å²) in [6.45, 7) is 6.71. The van der Waals surface area contributed by atoms with E-state index < -0.39 is 0 Å². The minimum Gasteiger partial charge on any atom is -0.338 e. The van der Waals surface area contributed by atoms with Gasteiger partial charge in [-0.3, -0.25) is 4.79 Å².